The van der Waals surface area contributed by atoms with Gasteiger partial charge in [0.1, 0.15) is 11.5 Å². The Morgan fingerprint density at radius 2 is 1.81 bits per heavy atom. The van der Waals surface area contributed by atoms with Crippen LogP contribution in [0.15, 0.2) is 48.5 Å². The molecule has 0 aliphatic heterocycles. The van der Waals surface area contributed by atoms with Gasteiger partial charge in [-0.1, -0.05) is 37.3 Å². The maximum absolute atomic E-state index is 14.1. The predicted octanol–water partition coefficient (Wildman–Crippen LogP) is 4.66. The minimum absolute atomic E-state index is 0.260. The van der Waals surface area contributed by atoms with Gasteiger partial charge >= 0.3 is 0 Å². The van der Waals surface area contributed by atoms with Gasteiger partial charge in [0.05, 0.1) is 5.69 Å². The number of hydrogen-bond donors (Lipinski definition) is 1. The van der Waals surface area contributed by atoms with Gasteiger partial charge in [0.2, 0.25) is 0 Å². The van der Waals surface area contributed by atoms with E-state index in [9.17, 15) is 8.78 Å². The number of nitrogens with one attached hydrogen (secondary N) is 1. The van der Waals surface area contributed by atoms with Crippen molar-refractivity contribution in [3.05, 3.63) is 82.7 Å². The smallest absolute Gasteiger partial charge is 0.151 e. The summed E-state index contributed by atoms with van der Waals surface area (Å²) < 4.78 is 28.8. The second-order valence-corrected chi connectivity index (χ2v) is 6.60. The van der Waals surface area contributed by atoms with Crippen LogP contribution in [0.2, 0.25) is 0 Å². The first-order chi connectivity index (χ1) is 12.5. The van der Waals surface area contributed by atoms with Crippen LogP contribution in [-0.2, 0) is 6.54 Å². The molecule has 1 heterocycles. The van der Waals surface area contributed by atoms with E-state index in [0.29, 0.717) is 12.5 Å². The minimum atomic E-state index is -0.618. The zero-order chi connectivity index (χ0) is 18.7. The van der Waals surface area contributed by atoms with Crippen molar-refractivity contribution in [2.45, 2.75) is 33.2 Å². The molecule has 1 N–H and O–H groups in total. The first-order valence-electron chi connectivity index (χ1n) is 8.73. The lowest BCUT2D eigenvalue weighted by Crippen LogP contribution is -2.20. The van der Waals surface area contributed by atoms with E-state index in [1.807, 2.05) is 32.0 Å². The summed E-state index contributed by atoms with van der Waals surface area (Å²) in [4.78, 5) is 0. The van der Waals surface area contributed by atoms with Crippen LogP contribution in [-0.4, -0.2) is 16.3 Å². The number of benzene rings is 2. The molecule has 1 aromatic heterocycles. The van der Waals surface area contributed by atoms with Gasteiger partial charge in [-0.05, 0) is 37.5 Å². The van der Waals surface area contributed by atoms with Crippen molar-refractivity contribution in [3.8, 4) is 5.69 Å². The standard InChI is InChI=1S/C21H23F2N3/c1-14(17-7-5-4-6-8-17)12-24-13-19-15(2)25-26(16(19)3)21-10-9-18(22)11-20(21)23/h4-11,14,24H,12-13H2,1-3H3/t14-/m1/s1. The number of halogens is 2. The lowest BCUT2D eigenvalue weighted by Gasteiger charge is -2.13. The van der Waals surface area contributed by atoms with E-state index < -0.39 is 11.6 Å². The summed E-state index contributed by atoms with van der Waals surface area (Å²) in [5, 5.41) is 7.90. The fourth-order valence-electron chi connectivity index (χ4n) is 3.13. The zero-order valence-electron chi connectivity index (χ0n) is 15.3. The van der Waals surface area contributed by atoms with E-state index in [2.05, 4.69) is 29.5 Å². The summed E-state index contributed by atoms with van der Waals surface area (Å²) in [5.41, 5.74) is 4.28. The largest absolute Gasteiger partial charge is 0.312 e. The highest BCUT2D eigenvalue weighted by Crippen LogP contribution is 2.21. The predicted molar refractivity (Wildman–Crippen MR) is 99.5 cm³/mol. The molecule has 0 aliphatic carbocycles. The van der Waals surface area contributed by atoms with Crippen LogP contribution >= 0.6 is 0 Å². The van der Waals surface area contributed by atoms with Gasteiger partial charge in [-0.25, -0.2) is 13.5 Å². The van der Waals surface area contributed by atoms with Crippen LogP contribution in [0.25, 0.3) is 5.69 Å². The van der Waals surface area contributed by atoms with Gasteiger partial charge in [0.25, 0.3) is 0 Å². The van der Waals surface area contributed by atoms with Crippen LogP contribution in [0, 0.1) is 25.5 Å². The maximum atomic E-state index is 14.1. The van der Waals surface area contributed by atoms with E-state index in [-0.39, 0.29) is 5.69 Å². The second-order valence-electron chi connectivity index (χ2n) is 6.60. The number of nitrogens with zero attached hydrogens (tertiary/aromatic N) is 2. The average molecular weight is 355 g/mol. The quantitative estimate of drug-likeness (QED) is 0.697. The van der Waals surface area contributed by atoms with Gasteiger partial charge < -0.3 is 5.32 Å². The summed E-state index contributed by atoms with van der Waals surface area (Å²) in [6.07, 6.45) is 0. The third-order valence-corrected chi connectivity index (χ3v) is 4.70. The van der Waals surface area contributed by atoms with E-state index in [1.165, 1.54) is 17.7 Å². The maximum Gasteiger partial charge on any atom is 0.151 e. The summed E-state index contributed by atoms with van der Waals surface area (Å²) >= 11 is 0. The Morgan fingerprint density at radius 1 is 1.08 bits per heavy atom. The van der Waals surface area contributed by atoms with Crippen molar-refractivity contribution >= 4 is 0 Å². The Kier molecular flexibility index (Phi) is 5.47. The number of aromatic nitrogens is 2. The highest BCUT2D eigenvalue weighted by Gasteiger charge is 2.16. The molecular weight excluding hydrogens is 332 g/mol. The molecule has 0 spiro atoms. The molecule has 2 aromatic carbocycles. The Morgan fingerprint density at radius 3 is 2.50 bits per heavy atom. The molecule has 3 nitrogen and oxygen atoms in total. The van der Waals surface area contributed by atoms with Crippen molar-refractivity contribution in [1.82, 2.24) is 15.1 Å². The van der Waals surface area contributed by atoms with E-state index in [1.54, 1.807) is 4.68 Å². The second kappa shape index (κ2) is 7.79. The molecule has 3 rings (SSSR count). The highest BCUT2D eigenvalue weighted by molar-refractivity contribution is 5.38. The van der Waals surface area contributed by atoms with Crippen LogP contribution in [0.3, 0.4) is 0 Å². The van der Waals surface area contributed by atoms with Crippen molar-refractivity contribution in [2.24, 2.45) is 0 Å². The van der Waals surface area contributed by atoms with E-state index >= 15 is 0 Å². The Balaban J connectivity index is 1.72. The Hall–Kier alpha value is -2.53. The molecule has 0 fully saturated rings. The third kappa shape index (κ3) is 3.83. The highest BCUT2D eigenvalue weighted by atomic mass is 19.1. The van der Waals surface area contributed by atoms with Gasteiger partial charge in [-0.2, -0.15) is 5.10 Å². The monoisotopic (exact) mass is 355 g/mol. The first kappa shape index (κ1) is 18.3. The minimum Gasteiger partial charge on any atom is -0.312 e. The molecule has 0 saturated heterocycles. The Bertz CT molecular complexity index is 888. The van der Waals surface area contributed by atoms with Crippen molar-refractivity contribution in [1.29, 1.82) is 0 Å². The van der Waals surface area contributed by atoms with Gasteiger partial charge in [0.15, 0.2) is 5.82 Å². The normalized spacial score (nSPS) is 12.3. The lowest BCUT2D eigenvalue weighted by atomic mass is 10.0. The van der Waals surface area contributed by atoms with Gasteiger partial charge in [-0.15, -0.1) is 0 Å². The van der Waals surface area contributed by atoms with Crippen LogP contribution in [0.1, 0.15) is 35.4 Å². The van der Waals surface area contributed by atoms with Crippen LogP contribution < -0.4 is 5.32 Å². The zero-order valence-corrected chi connectivity index (χ0v) is 15.3. The molecule has 3 aromatic rings. The third-order valence-electron chi connectivity index (χ3n) is 4.70. The SMILES string of the molecule is Cc1nn(-c2ccc(F)cc2F)c(C)c1CNC[C@@H](C)c1ccccc1. The topological polar surface area (TPSA) is 29.9 Å². The summed E-state index contributed by atoms with van der Waals surface area (Å²) in [6.45, 7) is 7.47. The fraction of sp³-hybridized carbons (Fsp3) is 0.286. The molecule has 136 valence electrons. The first-order valence-corrected chi connectivity index (χ1v) is 8.73. The molecule has 0 amide bonds. The molecule has 0 bridgehead atoms. The van der Waals surface area contributed by atoms with Crippen molar-refractivity contribution < 1.29 is 8.78 Å². The summed E-state index contributed by atoms with van der Waals surface area (Å²) in [5.74, 6) is -0.821. The molecule has 0 unspecified atom stereocenters. The number of rotatable bonds is 6. The molecule has 0 saturated carbocycles. The summed E-state index contributed by atoms with van der Waals surface area (Å²) in [6, 6.07) is 13.9. The van der Waals surface area contributed by atoms with Crippen LogP contribution in [0.4, 0.5) is 8.78 Å². The van der Waals surface area contributed by atoms with E-state index in [0.717, 1.165) is 29.6 Å². The average Bonchev–Trinajstić information content (AvgIpc) is 2.90. The molecule has 0 aliphatic rings. The van der Waals surface area contributed by atoms with Gasteiger partial charge in [0, 0.05) is 30.4 Å². The summed E-state index contributed by atoms with van der Waals surface area (Å²) in [7, 11) is 0. The Labute approximate surface area is 152 Å². The number of aryl methyl sites for hydroxylation is 1. The van der Waals surface area contributed by atoms with Crippen molar-refractivity contribution in [2.75, 3.05) is 6.54 Å². The molecular formula is C21H23F2N3. The molecule has 5 heteroatoms. The molecule has 26 heavy (non-hydrogen) atoms. The fourth-order valence-corrected chi connectivity index (χ4v) is 3.13. The number of hydrogen-bond acceptors (Lipinski definition) is 2. The molecule has 1 atom stereocenters. The van der Waals surface area contributed by atoms with Crippen molar-refractivity contribution in [3.63, 3.8) is 0 Å². The van der Waals surface area contributed by atoms with Crippen LogP contribution in [0.5, 0.6) is 0 Å². The van der Waals surface area contributed by atoms with E-state index in [4.69, 9.17) is 0 Å². The van der Waals surface area contributed by atoms with Gasteiger partial charge in [-0.3, -0.25) is 0 Å². The lowest BCUT2D eigenvalue weighted by molar-refractivity contribution is 0.572. The molecule has 0 radical (unpaired) electrons.